The number of nitrogens with zero attached hydrogens (tertiary/aromatic N) is 3. The highest BCUT2D eigenvalue weighted by molar-refractivity contribution is 7.89. The van der Waals surface area contributed by atoms with Gasteiger partial charge in [0.1, 0.15) is 0 Å². The summed E-state index contributed by atoms with van der Waals surface area (Å²) in [6.45, 7) is 8.33. The third-order valence-electron chi connectivity index (χ3n) is 5.05. The monoisotopic (exact) mass is 452 g/mol. The van der Waals surface area contributed by atoms with E-state index in [9.17, 15) is 13.2 Å². The van der Waals surface area contributed by atoms with Crippen LogP contribution in [0.4, 0.5) is 5.69 Å². The Balaban J connectivity index is 1.74. The minimum absolute atomic E-state index is 0.238. The lowest BCUT2D eigenvalue weighted by molar-refractivity contribution is -0.111. The van der Waals surface area contributed by atoms with Gasteiger partial charge in [0.05, 0.1) is 22.0 Å². The molecule has 0 radical (unpaired) electrons. The second-order valence-electron chi connectivity index (χ2n) is 7.34. The molecule has 32 heavy (non-hydrogen) atoms. The third kappa shape index (κ3) is 5.15. The molecule has 0 saturated heterocycles. The minimum Gasteiger partial charge on any atom is -0.321 e. The summed E-state index contributed by atoms with van der Waals surface area (Å²) in [4.78, 5) is 12.8. The van der Waals surface area contributed by atoms with Gasteiger partial charge >= 0.3 is 0 Å². The number of carbonyl (C=O) groups excluding carboxylic acids is 1. The molecule has 1 N–H and O–H groups in total. The zero-order chi connectivity index (χ0) is 23.3. The number of benzene rings is 2. The first kappa shape index (κ1) is 23.4. The lowest BCUT2D eigenvalue weighted by atomic mass is 10.2. The molecule has 0 spiro atoms. The SMILES string of the molecule is CCN(CC)S(=O)(=O)c1ccc(/C=C/C(=O)Nc2ccccc2-n2nc(C)cc2C)cc1. The molecule has 0 unspecified atom stereocenters. The van der Waals surface area contributed by atoms with Crippen molar-refractivity contribution in [2.45, 2.75) is 32.6 Å². The minimum atomic E-state index is -3.50. The summed E-state index contributed by atoms with van der Waals surface area (Å²) in [7, 11) is -3.50. The van der Waals surface area contributed by atoms with Crippen LogP contribution in [0, 0.1) is 13.8 Å². The van der Waals surface area contributed by atoms with Gasteiger partial charge in [0.2, 0.25) is 15.9 Å². The summed E-state index contributed by atoms with van der Waals surface area (Å²) in [5, 5.41) is 7.38. The molecule has 0 aliphatic rings. The molecular formula is C24H28N4O3S. The highest BCUT2D eigenvalue weighted by atomic mass is 32.2. The van der Waals surface area contributed by atoms with Crippen molar-refractivity contribution in [3.8, 4) is 5.69 Å². The Labute approximate surface area is 189 Å². The fraction of sp³-hybridized carbons (Fsp3) is 0.250. The molecule has 8 heteroatoms. The van der Waals surface area contributed by atoms with Gasteiger partial charge in [-0.05, 0) is 55.8 Å². The van der Waals surface area contributed by atoms with Crippen LogP contribution in [0.2, 0.25) is 0 Å². The normalized spacial score (nSPS) is 11.9. The highest BCUT2D eigenvalue weighted by Gasteiger charge is 2.21. The molecule has 1 aromatic heterocycles. The van der Waals surface area contributed by atoms with Crippen molar-refractivity contribution in [3.63, 3.8) is 0 Å². The van der Waals surface area contributed by atoms with E-state index in [4.69, 9.17) is 0 Å². The van der Waals surface area contributed by atoms with Crippen molar-refractivity contribution in [1.29, 1.82) is 0 Å². The Morgan fingerprint density at radius 1 is 1.06 bits per heavy atom. The number of aryl methyl sites for hydroxylation is 2. The molecule has 0 saturated carbocycles. The van der Waals surface area contributed by atoms with Gasteiger partial charge in [-0.1, -0.05) is 38.1 Å². The standard InChI is InChI=1S/C24H28N4O3S/c1-5-27(6-2)32(30,31)21-14-11-20(12-15-21)13-16-24(29)25-22-9-7-8-10-23(22)28-19(4)17-18(3)26-28/h7-17H,5-6H2,1-4H3,(H,25,29)/b16-13+. The van der Waals surface area contributed by atoms with E-state index < -0.39 is 10.0 Å². The average molecular weight is 453 g/mol. The second-order valence-corrected chi connectivity index (χ2v) is 9.27. The third-order valence-corrected chi connectivity index (χ3v) is 7.11. The molecule has 3 rings (SSSR count). The quantitative estimate of drug-likeness (QED) is 0.520. The number of aromatic nitrogens is 2. The maximum Gasteiger partial charge on any atom is 0.248 e. The molecule has 168 valence electrons. The number of rotatable bonds is 8. The van der Waals surface area contributed by atoms with Gasteiger partial charge in [-0.3, -0.25) is 4.79 Å². The number of para-hydroxylation sites is 2. The van der Waals surface area contributed by atoms with Crippen molar-refractivity contribution in [1.82, 2.24) is 14.1 Å². The molecule has 2 aromatic carbocycles. The van der Waals surface area contributed by atoms with Crippen LogP contribution < -0.4 is 5.32 Å². The smallest absolute Gasteiger partial charge is 0.248 e. The molecule has 0 aliphatic carbocycles. The van der Waals surface area contributed by atoms with Crippen LogP contribution in [0.25, 0.3) is 11.8 Å². The molecule has 0 atom stereocenters. The van der Waals surface area contributed by atoms with E-state index >= 15 is 0 Å². The first-order valence-electron chi connectivity index (χ1n) is 10.5. The predicted octanol–water partition coefficient (Wildman–Crippen LogP) is 4.17. The fourth-order valence-corrected chi connectivity index (χ4v) is 4.90. The van der Waals surface area contributed by atoms with Crippen molar-refractivity contribution in [2.75, 3.05) is 18.4 Å². The molecule has 0 bridgehead atoms. The fourth-order valence-electron chi connectivity index (χ4n) is 3.45. The van der Waals surface area contributed by atoms with Crippen LogP contribution in [0.3, 0.4) is 0 Å². The maximum atomic E-state index is 12.6. The van der Waals surface area contributed by atoms with Crippen LogP contribution in [0.5, 0.6) is 0 Å². The average Bonchev–Trinajstić information content (AvgIpc) is 3.11. The Kier molecular flexibility index (Phi) is 7.27. The van der Waals surface area contributed by atoms with Crippen LogP contribution in [0.15, 0.2) is 65.6 Å². The van der Waals surface area contributed by atoms with Gasteiger partial charge in [0, 0.05) is 24.9 Å². The second kappa shape index (κ2) is 9.93. The van der Waals surface area contributed by atoms with Crippen molar-refractivity contribution < 1.29 is 13.2 Å². The molecule has 1 amide bonds. The van der Waals surface area contributed by atoms with E-state index in [0.29, 0.717) is 18.8 Å². The predicted molar refractivity (Wildman–Crippen MR) is 127 cm³/mol. The summed E-state index contributed by atoms with van der Waals surface area (Å²) < 4.78 is 28.4. The van der Waals surface area contributed by atoms with E-state index in [1.807, 2.05) is 58.0 Å². The topological polar surface area (TPSA) is 84.3 Å². The summed E-state index contributed by atoms with van der Waals surface area (Å²) in [5.41, 5.74) is 4.03. The van der Waals surface area contributed by atoms with Crippen molar-refractivity contribution in [2.24, 2.45) is 0 Å². The Bertz CT molecular complexity index is 1220. The van der Waals surface area contributed by atoms with E-state index in [1.54, 1.807) is 35.0 Å². The lowest BCUT2D eigenvalue weighted by Crippen LogP contribution is -2.30. The number of hydrogen-bond donors (Lipinski definition) is 1. The van der Waals surface area contributed by atoms with Gasteiger partial charge in [0.15, 0.2) is 0 Å². The first-order valence-corrected chi connectivity index (χ1v) is 11.9. The highest BCUT2D eigenvalue weighted by Crippen LogP contribution is 2.22. The maximum absolute atomic E-state index is 12.6. The van der Waals surface area contributed by atoms with E-state index in [0.717, 1.165) is 22.6 Å². The number of amides is 1. The Morgan fingerprint density at radius 3 is 2.31 bits per heavy atom. The number of sulfonamides is 1. The van der Waals surface area contributed by atoms with Crippen molar-refractivity contribution >= 4 is 27.7 Å². The van der Waals surface area contributed by atoms with E-state index in [2.05, 4.69) is 10.4 Å². The Hall–Kier alpha value is -3.23. The lowest BCUT2D eigenvalue weighted by Gasteiger charge is -2.18. The van der Waals surface area contributed by atoms with Gasteiger partial charge < -0.3 is 5.32 Å². The molecule has 3 aromatic rings. The molecule has 0 fully saturated rings. The van der Waals surface area contributed by atoms with Crippen LogP contribution in [-0.4, -0.2) is 41.5 Å². The zero-order valence-electron chi connectivity index (χ0n) is 18.7. The number of hydrogen-bond acceptors (Lipinski definition) is 4. The molecular weight excluding hydrogens is 424 g/mol. The van der Waals surface area contributed by atoms with Gasteiger partial charge in [-0.15, -0.1) is 0 Å². The number of carbonyl (C=O) groups is 1. The number of anilines is 1. The van der Waals surface area contributed by atoms with E-state index in [-0.39, 0.29) is 10.8 Å². The molecule has 1 heterocycles. The van der Waals surface area contributed by atoms with Gasteiger partial charge in [-0.25, -0.2) is 13.1 Å². The summed E-state index contributed by atoms with van der Waals surface area (Å²) in [5.74, 6) is -0.293. The van der Waals surface area contributed by atoms with Crippen LogP contribution in [0.1, 0.15) is 30.8 Å². The zero-order valence-corrected chi connectivity index (χ0v) is 19.6. The van der Waals surface area contributed by atoms with E-state index in [1.165, 1.54) is 10.4 Å². The largest absolute Gasteiger partial charge is 0.321 e. The van der Waals surface area contributed by atoms with Crippen molar-refractivity contribution in [3.05, 3.63) is 77.6 Å². The van der Waals surface area contributed by atoms with Gasteiger partial charge in [-0.2, -0.15) is 9.40 Å². The number of nitrogens with one attached hydrogen (secondary N) is 1. The Morgan fingerprint density at radius 2 is 1.72 bits per heavy atom. The van der Waals surface area contributed by atoms with Crippen LogP contribution in [-0.2, 0) is 14.8 Å². The summed E-state index contributed by atoms with van der Waals surface area (Å²) in [6, 6.07) is 15.9. The summed E-state index contributed by atoms with van der Waals surface area (Å²) in [6.07, 6.45) is 3.07. The van der Waals surface area contributed by atoms with Crippen LogP contribution >= 0.6 is 0 Å². The first-order chi connectivity index (χ1) is 15.3. The summed E-state index contributed by atoms with van der Waals surface area (Å²) >= 11 is 0. The molecule has 7 nitrogen and oxygen atoms in total. The van der Waals surface area contributed by atoms with Gasteiger partial charge in [0.25, 0.3) is 0 Å². The molecule has 0 aliphatic heterocycles.